The predicted molar refractivity (Wildman–Crippen MR) is 115 cm³/mol. The molecule has 0 aromatic carbocycles. The summed E-state index contributed by atoms with van der Waals surface area (Å²) in [6, 6.07) is 0. The highest BCUT2D eigenvalue weighted by atomic mass is 19.4. The molecule has 0 N–H and O–H groups in total. The van der Waals surface area contributed by atoms with Crippen LogP contribution in [-0.2, 0) is 0 Å². The first-order valence-electron chi connectivity index (χ1n) is 13.2. The lowest BCUT2D eigenvalue weighted by molar-refractivity contribution is -0.443. The second kappa shape index (κ2) is 11.9. The van der Waals surface area contributed by atoms with Crippen molar-refractivity contribution in [3.05, 3.63) is 0 Å². The van der Waals surface area contributed by atoms with Gasteiger partial charge in [0, 0.05) is 5.92 Å². The van der Waals surface area contributed by atoms with Gasteiger partial charge in [-0.25, -0.2) is 0 Å². The van der Waals surface area contributed by atoms with E-state index in [0.29, 0.717) is 18.3 Å². The van der Waals surface area contributed by atoms with Gasteiger partial charge in [-0.2, -0.15) is 57.1 Å². The van der Waals surface area contributed by atoms with Crippen LogP contribution in [0.2, 0.25) is 0 Å². The Balaban J connectivity index is 2.08. The Morgan fingerprint density at radius 2 is 1.03 bits per heavy atom. The van der Waals surface area contributed by atoms with Gasteiger partial charge in [0.05, 0.1) is 0 Å². The third-order valence-electron chi connectivity index (χ3n) is 8.48. The van der Waals surface area contributed by atoms with Crippen LogP contribution < -0.4 is 0 Å². The van der Waals surface area contributed by atoms with Crippen molar-refractivity contribution in [1.29, 1.82) is 0 Å². The molecule has 0 spiro atoms. The van der Waals surface area contributed by atoms with Crippen LogP contribution in [0.15, 0.2) is 0 Å². The molecule has 0 aromatic heterocycles. The Labute approximate surface area is 214 Å². The highest BCUT2D eigenvalue weighted by Crippen LogP contribution is 2.62. The number of hydrogen-bond donors (Lipinski definition) is 0. The summed E-state index contributed by atoms with van der Waals surface area (Å²) in [6.45, 7) is 1.23. The van der Waals surface area contributed by atoms with Crippen LogP contribution in [0.5, 0.6) is 0 Å². The third kappa shape index (κ3) is 6.20. The molecule has 0 saturated heterocycles. The molecule has 0 bridgehead atoms. The maximum atomic E-state index is 14.7. The van der Waals surface area contributed by atoms with Crippen molar-refractivity contribution in [1.82, 2.24) is 0 Å². The molecule has 38 heavy (non-hydrogen) atoms. The predicted octanol–water partition coefficient (Wildman–Crippen LogP) is 10.7. The van der Waals surface area contributed by atoms with Crippen LogP contribution in [0.3, 0.4) is 0 Å². The van der Waals surface area contributed by atoms with Crippen LogP contribution in [0, 0.1) is 23.7 Å². The highest BCUT2D eigenvalue weighted by Gasteiger charge is 2.91. The van der Waals surface area contributed by atoms with E-state index in [0.717, 1.165) is 38.5 Å². The monoisotopic (exact) mass is 582 g/mol. The van der Waals surface area contributed by atoms with Gasteiger partial charge in [0.2, 0.25) is 0 Å². The molecule has 2 rings (SSSR count). The zero-order valence-electron chi connectivity index (χ0n) is 21.1. The van der Waals surface area contributed by atoms with Crippen molar-refractivity contribution in [2.45, 2.75) is 133 Å². The van der Waals surface area contributed by atoms with E-state index in [4.69, 9.17) is 0 Å². The average Bonchev–Trinajstić information content (AvgIpc) is 2.83. The molecule has 0 heterocycles. The zero-order chi connectivity index (χ0) is 29.2. The van der Waals surface area contributed by atoms with Gasteiger partial charge >= 0.3 is 35.8 Å². The van der Waals surface area contributed by atoms with Crippen molar-refractivity contribution >= 4 is 0 Å². The largest absolute Gasteiger partial charge is 0.460 e. The van der Waals surface area contributed by atoms with Gasteiger partial charge in [0.1, 0.15) is 0 Å². The first-order chi connectivity index (χ1) is 17.3. The molecule has 2 saturated carbocycles. The Kier molecular flexibility index (Phi) is 10.4. The van der Waals surface area contributed by atoms with E-state index in [9.17, 15) is 57.1 Å². The molecule has 2 aliphatic carbocycles. The smallest absolute Gasteiger partial charge is 0.199 e. The quantitative estimate of drug-likeness (QED) is 0.201. The van der Waals surface area contributed by atoms with Crippen molar-refractivity contribution in [3.8, 4) is 0 Å². The molecule has 226 valence electrons. The van der Waals surface area contributed by atoms with Gasteiger partial charge < -0.3 is 0 Å². The summed E-state index contributed by atoms with van der Waals surface area (Å²) in [6.07, 6.45) is 0.210. The molecule has 13 heteroatoms. The SMILES string of the molecule is CCCC(CCC[C@H]1CC[C@H](C2CCCCC2)CC1)C(F)(F)C(F)(F)C(F)(F)C(F)(F)C(F)(F)C(F)(F)F. The van der Waals surface area contributed by atoms with Gasteiger partial charge in [-0.15, -0.1) is 0 Å². The maximum Gasteiger partial charge on any atom is 0.460 e. The Hall–Kier alpha value is -0.910. The van der Waals surface area contributed by atoms with Crippen LogP contribution in [0.4, 0.5) is 57.1 Å². The number of hydrogen-bond acceptors (Lipinski definition) is 0. The lowest BCUT2D eigenvalue weighted by Gasteiger charge is -2.42. The van der Waals surface area contributed by atoms with Crippen LogP contribution in [-0.4, -0.2) is 35.8 Å². The molecule has 0 nitrogen and oxygen atoms in total. The second-order valence-corrected chi connectivity index (χ2v) is 11.0. The molecule has 0 aromatic rings. The summed E-state index contributed by atoms with van der Waals surface area (Å²) in [7, 11) is 0. The van der Waals surface area contributed by atoms with E-state index in [1.54, 1.807) is 0 Å². The van der Waals surface area contributed by atoms with Gasteiger partial charge in [-0.05, 0) is 43.4 Å². The summed E-state index contributed by atoms with van der Waals surface area (Å²) in [5, 5.41) is 0. The molecule has 2 fully saturated rings. The van der Waals surface area contributed by atoms with E-state index in [2.05, 4.69) is 0 Å². The van der Waals surface area contributed by atoms with Crippen LogP contribution >= 0.6 is 0 Å². The van der Waals surface area contributed by atoms with E-state index in [1.807, 2.05) is 0 Å². The standard InChI is InChI=1S/C25H35F13/c1-2-7-19(11-6-8-16-12-14-18(15-13-16)17-9-4-3-5-10-17)20(26,27)21(28,29)22(30,31)23(32,33)24(34,35)25(36,37)38/h16-19H,2-15H2,1H3/t16-,18-,19?. The van der Waals surface area contributed by atoms with E-state index < -0.39 is 54.5 Å². The van der Waals surface area contributed by atoms with Gasteiger partial charge in [0.25, 0.3) is 0 Å². The lowest BCUT2D eigenvalue weighted by Crippen LogP contribution is -2.71. The highest BCUT2D eigenvalue weighted by molar-refractivity contribution is 5.11. The van der Waals surface area contributed by atoms with Crippen molar-refractivity contribution in [3.63, 3.8) is 0 Å². The molecule has 1 atom stereocenters. The maximum absolute atomic E-state index is 14.7. The Morgan fingerprint density at radius 1 is 0.553 bits per heavy atom. The molecular formula is C25H35F13. The summed E-state index contributed by atoms with van der Waals surface area (Å²) in [5.74, 6) is -37.7. The minimum Gasteiger partial charge on any atom is -0.199 e. The topological polar surface area (TPSA) is 0 Å². The molecule has 2 aliphatic rings. The summed E-state index contributed by atoms with van der Waals surface area (Å²) in [4.78, 5) is 0. The summed E-state index contributed by atoms with van der Waals surface area (Å²) < 4.78 is 176. The Bertz CT molecular complexity index is 730. The molecule has 1 unspecified atom stereocenters. The summed E-state index contributed by atoms with van der Waals surface area (Å²) >= 11 is 0. The first-order valence-corrected chi connectivity index (χ1v) is 13.2. The Morgan fingerprint density at radius 3 is 1.50 bits per heavy atom. The number of rotatable bonds is 12. The van der Waals surface area contributed by atoms with E-state index in [1.165, 1.54) is 26.2 Å². The summed E-state index contributed by atoms with van der Waals surface area (Å²) in [5.41, 5.74) is 0. The average molecular weight is 583 g/mol. The van der Waals surface area contributed by atoms with E-state index >= 15 is 0 Å². The fourth-order valence-electron chi connectivity index (χ4n) is 6.10. The zero-order valence-corrected chi connectivity index (χ0v) is 21.1. The molecular weight excluding hydrogens is 547 g/mol. The fraction of sp³-hybridized carbons (Fsp3) is 1.00. The van der Waals surface area contributed by atoms with Crippen molar-refractivity contribution < 1.29 is 57.1 Å². The number of halogens is 13. The van der Waals surface area contributed by atoms with Crippen LogP contribution in [0.1, 0.15) is 96.8 Å². The molecule has 0 aliphatic heterocycles. The third-order valence-corrected chi connectivity index (χ3v) is 8.48. The van der Waals surface area contributed by atoms with Crippen LogP contribution in [0.25, 0.3) is 0 Å². The van der Waals surface area contributed by atoms with Gasteiger partial charge in [0.15, 0.2) is 0 Å². The molecule has 0 radical (unpaired) electrons. The number of alkyl halides is 13. The first kappa shape index (κ1) is 33.3. The van der Waals surface area contributed by atoms with E-state index in [-0.39, 0.29) is 18.8 Å². The fourth-order valence-corrected chi connectivity index (χ4v) is 6.10. The lowest BCUT2D eigenvalue weighted by atomic mass is 9.70. The van der Waals surface area contributed by atoms with Gasteiger partial charge in [-0.3, -0.25) is 0 Å². The van der Waals surface area contributed by atoms with Gasteiger partial charge in [-0.1, -0.05) is 71.1 Å². The van der Waals surface area contributed by atoms with Crippen molar-refractivity contribution in [2.24, 2.45) is 23.7 Å². The van der Waals surface area contributed by atoms with Crippen molar-refractivity contribution in [2.75, 3.05) is 0 Å². The minimum atomic E-state index is -7.83. The second-order valence-electron chi connectivity index (χ2n) is 11.0. The molecule has 0 amide bonds. The normalized spacial score (nSPS) is 24.5. The minimum absolute atomic E-state index is 0.0856.